The van der Waals surface area contributed by atoms with E-state index < -0.39 is 0 Å². The van der Waals surface area contributed by atoms with Crippen LogP contribution in [0, 0.1) is 0 Å². The van der Waals surface area contributed by atoms with Gasteiger partial charge in [0.15, 0.2) is 0 Å². The van der Waals surface area contributed by atoms with Crippen LogP contribution in [-0.4, -0.2) is 84.5 Å². The number of likely N-dealkylation sites (N-methyl/N-ethyl adjacent to an activating group) is 2. The Labute approximate surface area is 222 Å². The first-order valence-electron chi connectivity index (χ1n) is 12.7. The van der Waals surface area contributed by atoms with E-state index in [1.165, 1.54) is 18.1 Å². The highest BCUT2D eigenvalue weighted by molar-refractivity contribution is 5.99. The predicted molar refractivity (Wildman–Crippen MR) is 152 cm³/mol. The Kier molecular flexibility index (Phi) is 7.67. The largest absolute Gasteiger partial charge is 0.438 e. The quantitative estimate of drug-likeness (QED) is 0.342. The molecule has 0 bridgehead atoms. The average molecular weight is 512 g/mol. The van der Waals surface area contributed by atoms with Gasteiger partial charge in [0.1, 0.15) is 17.7 Å². The molecule has 1 fully saturated rings. The van der Waals surface area contributed by atoms with Crippen molar-refractivity contribution >= 4 is 28.3 Å². The number of carbonyl (C=O) groups is 1. The molecule has 1 saturated heterocycles. The van der Waals surface area contributed by atoms with E-state index in [0.717, 1.165) is 42.8 Å². The van der Waals surface area contributed by atoms with Crippen LogP contribution >= 0.6 is 0 Å². The van der Waals surface area contributed by atoms with Gasteiger partial charge in [-0.25, -0.2) is 9.97 Å². The van der Waals surface area contributed by atoms with Gasteiger partial charge in [-0.05, 0) is 57.0 Å². The van der Waals surface area contributed by atoms with Crippen LogP contribution < -0.4 is 15.0 Å². The van der Waals surface area contributed by atoms with Crippen molar-refractivity contribution in [2.24, 2.45) is 0 Å². The van der Waals surface area contributed by atoms with Crippen LogP contribution in [0.5, 0.6) is 11.6 Å². The zero-order valence-corrected chi connectivity index (χ0v) is 22.0. The Hall–Kier alpha value is -4.21. The number of hydrogen-bond donors (Lipinski definition) is 2. The third kappa shape index (κ3) is 6.19. The lowest BCUT2D eigenvalue weighted by Gasteiger charge is -2.34. The molecule has 1 amide bonds. The maximum Gasteiger partial charge on any atom is 0.248 e. The van der Waals surface area contributed by atoms with Crippen molar-refractivity contribution in [3.8, 4) is 22.9 Å². The van der Waals surface area contributed by atoms with Gasteiger partial charge in [0.2, 0.25) is 11.8 Å². The van der Waals surface area contributed by atoms with Crippen molar-refractivity contribution in [1.82, 2.24) is 24.8 Å². The number of hydrogen-bond acceptors (Lipinski definition) is 7. The Bertz CT molecular complexity index is 1420. The van der Waals surface area contributed by atoms with Crippen LogP contribution in [-0.2, 0) is 4.79 Å². The zero-order chi connectivity index (χ0) is 26.5. The molecule has 4 aromatic rings. The average Bonchev–Trinajstić information content (AvgIpc) is 3.35. The fraction of sp³-hybridized carbons (Fsp3) is 0.276. The zero-order valence-electron chi connectivity index (χ0n) is 22.0. The molecule has 1 aliphatic rings. The van der Waals surface area contributed by atoms with Crippen LogP contribution in [0.2, 0.25) is 0 Å². The lowest BCUT2D eigenvalue weighted by Crippen LogP contribution is -2.44. The van der Waals surface area contributed by atoms with Crippen molar-refractivity contribution in [2.75, 3.05) is 64.1 Å². The fourth-order valence-electron chi connectivity index (χ4n) is 4.37. The van der Waals surface area contributed by atoms with Crippen LogP contribution in [0.1, 0.15) is 0 Å². The first kappa shape index (κ1) is 25.4. The summed E-state index contributed by atoms with van der Waals surface area (Å²) in [5, 5.41) is 3.65. The number of carbonyl (C=O) groups excluding carboxylic acids is 1. The Morgan fingerprint density at radius 3 is 2.63 bits per heavy atom. The van der Waals surface area contributed by atoms with E-state index in [0.29, 0.717) is 29.5 Å². The number of amides is 1. The normalized spacial score (nSPS) is 14.5. The van der Waals surface area contributed by atoms with Gasteiger partial charge in [-0.3, -0.25) is 4.79 Å². The van der Waals surface area contributed by atoms with E-state index in [4.69, 9.17) is 4.74 Å². The topological polar surface area (TPSA) is 89.6 Å². The summed E-state index contributed by atoms with van der Waals surface area (Å²) in [7, 11) is 6.06. The number of ether oxygens (including phenoxy) is 1. The second-order valence-electron chi connectivity index (χ2n) is 9.75. The second-order valence-corrected chi connectivity index (χ2v) is 9.75. The van der Waals surface area contributed by atoms with Crippen molar-refractivity contribution in [1.29, 1.82) is 0 Å². The van der Waals surface area contributed by atoms with Gasteiger partial charge in [0, 0.05) is 61.9 Å². The number of anilines is 2. The lowest BCUT2D eigenvalue weighted by molar-refractivity contribution is -0.111. The summed E-state index contributed by atoms with van der Waals surface area (Å²) < 4.78 is 6.13. The van der Waals surface area contributed by atoms with Gasteiger partial charge in [-0.1, -0.05) is 24.3 Å². The number of nitrogens with zero attached hydrogens (tertiary/aromatic N) is 5. The first-order valence-corrected chi connectivity index (χ1v) is 12.7. The van der Waals surface area contributed by atoms with Gasteiger partial charge in [-0.2, -0.15) is 0 Å². The number of aromatic amines is 1. The highest BCUT2D eigenvalue weighted by Crippen LogP contribution is 2.32. The molecular formula is C29H33N7O2. The van der Waals surface area contributed by atoms with E-state index in [2.05, 4.69) is 61.4 Å². The Balaban J connectivity index is 1.30. The number of benzene rings is 2. The summed E-state index contributed by atoms with van der Waals surface area (Å²) in [4.78, 5) is 31.1. The minimum absolute atomic E-state index is 0.192. The maximum absolute atomic E-state index is 12.2. The van der Waals surface area contributed by atoms with E-state index >= 15 is 0 Å². The third-order valence-electron chi connectivity index (χ3n) is 6.49. The van der Waals surface area contributed by atoms with Crippen molar-refractivity contribution in [3.05, 3.63) is 73.1 Å². The minimum Gasteiger partial charge on any atom is -0.438 e. The molecule has 1 aliphatic heterocycles. The molecule has 0 saturated carbocycles. The molecular weight excluding hydrogens is 478 g/mol. The number of H-pyrrole nitrogens is 1. The summed E-state index contributed by atoms with van der Waals surface area (Å²) in [5.41, 5.74) is 4.59. The molecule has 38 heavy (non-hydrogen) atoms. The summed E-state index contributed by atoms with van der Waals surface area (Å²) in [6, 6.07) is 17.9. The van der Waals surface area contributed by atoms with Crippen LogP contribution in [0.15, 0.2) is 73.1 Å². The van der Waals surface area contributed by atoms with Crippen molar-refractivity contribution in [3.63, 3.8) is 0 Å². The van der Waals surface area contributed by atoms with E-state index in [9.17, 15) is 4.79 Å². The lowest BCUT2D eigenvalue weighted by atomic mass is 10.1. The SMILES string of the molecule is CN(C)C/C=C/C(=O)Nc1cccc(Oc2ncnc3[nH]c(-c4ccc(N5CCN(C)CC5)cc4)cc23)c1. The summed E-state index contributed by atoms with van der Waals surface area (Å²) in [6.45, 7) is 4.93. The van der Waals surface area contributed by atoms with Gasteiger partial charge < -0.3 is 29.7 Å². The second kappa shape index (κ2) is 11.5. The van der Waals surface area contributed by atoms with Gasteiger partial charge >= 0.3 is 0 Å². The van der Waals surface area contributed by atoms with Crippen LogP contribution in [0.4, 0.5) is 11.4 Å². The molecule has 3 heterocycles. The number of piperazine rings is 1. The molecule has 0 radical (unpaired) electrons. The van der Waals surface area contributed by atoms with E-state index in [1.54, 1.807) is 6.07 Å². The van der Waals surface area contributed by atoms with Gasteiger partial charge in [0.05, 0.1) is 5.39 Å². The molecule has 196 valence electrons. The van der Waals surface area contributed by atoms with Crippen molar-refractivity contribution < 1.29 is 9.53 Å². The maximum atomic E-state index is 12.2. The van der Waals surface area contributed by atoms with Crippen LogP contribution in [0.3, 0.4) is 0 Å². The summed E-state index contributed by atoms with van der Waals surface area (Å²) >= 11 is 0. The summed E-state index contributed by atoms with van der Waals surface area (Å²) in [6.07, 6.45) is 4.83. The summed E-state index contributed by atoms with van der Waals surface area (Å²) in [5.74, 6) is 0.822. The molecule has 0 spiro atoms. The molecule has 2 N–H and O–H groups in total. The molecule has 0 atom stereocenters. The molecule has 9 nitrogen and oxygen atoms in total. The number of nitrogens with one attached hydrogen (secondary N) is 2. The monoisotopic (exact) mass is 511 g/mol. The highest BCUT2D eigenvalue weighted by atomic mass is 16.5. The number of aromatic nitrogens is 3. The Morgan fingerprint density at radius 1 is 1.08 bits per heavy atom. The molecule has 2 aromatic carbocycles. The standard InChI is InChI=1S/C29H33N7O2/c1-34(2)13-5-8-27(37)32-22-6-4-7-24(18-22)38-29-25-19-26(33-28(25)30-20-31-29)21-9-11-23(12-10-21)36-16-14-35(3)15-17-36/h4-12,18-20H,13-17H2,1-3H3,(H,32,37)(H,30,31,33)/b8-5+. The molecule has 5 rings (SSSR count). The molecule has 0 aliphatic carbocycles. The van der Waals surface area contributed by atoms with E-state index in [-0.39, 0.29) is 5.91 Å². The van der Waals surface area contributed by atoms with Crippen molar-refractivity contribution in [2.45, 2.75) is 0 Å². The highest BCUT2D eigenvalue weighted by Gasteiger charge is 2.15. The molecule has 2 aromatic heterocycles. The molecule has 0 unspecified atom stereocenters. The van der Waals surface area contributed by atoms with Gasteiger partial charge in [-0.15, -0.1) is 0 Å². The minimum atomic E-state index is -0.192. The fourth-order valence-corrected chi connectivity index (χ4v) is 4.37. The van der Waals surface area contributed by atoms with E-state index in [1.807, 2.05) is 49.3 Å². The third-order valence-corrected chi connectivity index (χ3v) is 6.49. The van der Waals surface area contributed by atoms with Crippen LogP contribution in [0.25, 0.3) is 22.3 Å². The Morgan fingerprint density at radius 2 is 1.87 bits per heavy atom. The number of fused-ring (bicyclic) bond motifs is 1. The predicted octanol–water partition coefficient (Wildman–Crippen LogP) is 4.23. The van der Waals surface area contributed by atoms with Gasteiger partial charge in [0.25, 0.3) is 0 Å². The number of rotatable bonds is 8. The molecule has 9 heteroatoms. The first-order chi connectivity index (χ1) is 18.4. The smallest absolute Gasteiger partial charge is 0.248 e.